The average Bonchev–Trinajstić information content (AvgIpc) is 3.59. The fraction of sp³-hybridized carbons (Fsp3) is 0.442. The van der Waals surface area contributed by atoms with Crippen molar-refractivity contribution in [3.8, 4) is 0 Å². The zero-order valence-corrected chi connectivity index (χ0v) is 31.3. The maximum atomic E-state index is 14.5. The lowest BCUT2D eigenvalue weighted by atomic mass is 9.87. The number of ether oxygens (including phenoxy) is 1. The lowest BCUT2D eigenvalue weighted by Gasteiger charge is -2.52. The minimum absolute atomic E-state index is 0.0173. The lowest BCUT2D eigenvalue weighted by Crippen LogP contribution is -2.74. The summed E-state index contributed by atoms with van der Waals surface area (Å²) in [5.74, 6) is -1.35. The molecule has 0 radical (unpaired) electrons. The fourth-order valence-corrected chi connectivity index (χ4v) is 8.53. The molecule has 0 aromatic heterocycles. The zero-order chi connectivity index (χ0) is 39.2. The van der Waals surface area contributed by atoms with Gasteiger partial charge in [0.25, 0.3) is 0 Å². The van der Waals surface area contributed by atoms with Crippen LogP contribution in [0.5, 0.6) is 0 Å². The Hall–Kier alpha value is -5.17. The third kappa shape index (κ3) is 8.77. The average molecular weight is 772 g/mol. The van der Waals surface area contributed by atoms with E-state index in [1.807, 2.05) is 66.7 Å². The Bertz CT molecular complexity index is 1880. The van der Waals surface area contributed by atoms with Gasteiger partial charge >= 0.3 is 12.3 Å². The molecule has 0 bridgehead atoms. The molecule has 3 unspecified atom stereocenters. The number of carbonyl (C=O) groups excluding carboxylic acids is 4. The number of cyclic esters (lactones) is 1. The molecule has 0 aliphatic carbocycles. The number of hydrogen-bond donors (Lipinski definition) is 1. The molecule has 4 aliphatic heterocycles. The molecule has 56 heavy (non-hydrogen) atoms. The van der Waals surface area contributed by atoms with Crippen molar-refractivity contribution in [1.82, 2.24) is 24.9 Å². The molecule has 296 valence electrons. The van der Waals surface area contributed by atoms with Gasteiger partial charge in [0.15, 0.2) is 0 Å². The standard InChI is InChI=1S/C43H48F3N5O5/c44-43(45,46)33-16-10-13-31(27-33)19-22-47-40(53)36(28-38(52)49-25-20-34(21-26-49)48-23-8-3-9-24-48)50-35(18-17-30-11-4-1-5-12-30)39(41(50)54)51-37(29-56-42(51)55)32-14-6-2-7-15-32/h1-2,4-7,10-18,27,34-37,39H,3,8-9,19-26,28-29H2,(H,47,53)/t35?,36?,37-,39?/m1/s1. The number of β-lactam (4-membered cyclic amide) rings is 1. The molecule has 7 rings (SSSR count). The van der Waals surface area contributed by atoms with E-state index in [0.29, 0.717) is 24.7 Å². The summed E-state index contributed by atoms with van der Waals surface area (Å²) in [4.78, 5) is 63.2. The van der Waals surface area contributed by atoms with Gasteiger partial charge < -0.3 is 24.8 Å². The van der Waals surface area contributed by atoms with Crippen LogP contribution in [0.25, 0.3) is 6.08 Å². The van der Waals surface area contributed by atoms with E-state index in [-0.39, 0.29) is 31.9 Å². The van der Waals surface area contributed by atoms with Gasteiger partial charge in [-0.15, -0.1) is 0 Å². The molecule has 3 aromatic rings. The first-order valence-corrected chi connectivity index (χ1v) is 19.6. The Balaban J connectivity index is 1.14. The van der Waals surface area contributed by atoms with Gasteiger partial charge in [-0.25, -0.2) is 4.79 Å². The van der Waals surface area contributed by atoms with Gasteiger partial charge in [-0.1, -0.05) is 97.4 Å². The Morgan fingerprint density at radius 2 is 1.57 bits per heavy atom. The summed E-state index contributed by atoms with van der Waals surface area (Å²) in [6, 6.07) is 20.4. The number of nitrogens with one attached hydrogen (secondary N) is 1. The van der Waals surface area contributed by atoms with Crippen LogP contribution in [0.3, 0.4) is 0 Å². The molecular formula is C43H48F3N5O5. The summed E-state index contributed by atoms with van der Waals surface area (Å²) in [5, 5.41) is 2.82. The van der Waals surface area contributed by atoms with Gasteiger partial charge in [-0.05, 0) is 68.0 Å². The molecule has 13 heteroatoms. The Labute approximate surface area is 325 Å². The summed E-state index contributed by atoms with van der Waals surface area (Å²) in [6.07, 6.45) is 3.51. The Kier molecular flexibility index (Phi) is 12.1. The van der Waals surface area contributed by atoms with Crippen molar-refractivity contribution in [2.24, 2.45) is 0 Å². The molecule has 4 fully saturated rings. The van der Waals surface area contributed by atoms with E-state index in [1.54, 1.807) is 17.0 Å². The number of alkyl halides is 3. The van der Waals surface area contributed by atoms with Gasteiger partial charge in [-0.3, -0.25) is 19.3 Å². The smallest absolute Gasteiger partial charge is 0.416 e. The number of piperidine rings is 2. The minimum Gasteiger partial charge on any atom is -0.447 e. The van der Waals surface area contributed by atoms with Crippen LogP contribution in [0.1, 0.15) is 66.8 Å². The first-order chi connectivity index (χ1) is 27.1. The molecule has 3 aromatic carbocycles. The normalized spacial score (nSPS) is 22.9. The van der Waals surface area contributed by atoms with E-state index in [1.165, 1.54) is 35.1 Å². The summed E-state index contributed by atoms with van der Waals surface area (Å²) < 4.78 is 45.7. The number of hydrogen-bond acceptors (Lipinski definition) is 6. The summed E-state index contributed by atoms with van der Waals surface area (Å²) in [6.45, 7) is 3.23. The van der Waals surface area contributed by atoms with E-state index in [0.717, 1.165) is 49.2 Å². The monoisotopic (exact) mass is 771 g/mol. The van der Waals surface area contributed by atoms with Crippen molar-refractivity contribution in [3.63, 3.8) is 0 Å². The van der Waals surface area contributed by atoms with Crippen LogP contribution in [0.15, 0.2) is 91.0 Å². The molecule has 0 spiro atoms. The summed E-state index contributed by atoms with van der Waals surface area (Å²) >= 11 is 0. The van der Waals surface area contributed by atoms with E-state index >= 15 is 0 Å². The second-order valence-corrected chi connectivity index (χ2v) is 15.0. The third-order valence-corrected chi connectivity index (χ3v) is 11.5. The molecule has 10 nitrogen and oxygen atoms in total. The second-order valence-electron chi connectivity index (χ2n) is 15.0. The maximum absolute atomic E-state index is 14.5. The van der Waals surface area contributed by atoms with E-state index in [4.69, 9.17) is 4.74 Å². The molecule has 4 saturated heterocycles. The number of likely N-dealkylation sites (tertiary alicyclic amines) is 3. The van der Waals surface area contributed by atoms with E-state index < -0.39 is 53.8 Å². The number of rotatable bonds is 12. The second kappa shape index (κ2) is 17.3. The summed E-state index contributed by atoms with van der Waals surface area (Å²) in [7, 11) is 0. The number of nitrogens with zero attached hydrogens (tertiary/aromatic N) is 4. The number of amides is 4. The Morgan fingerprint density at radius 3 is 2.27 bits per heavy atom. The number of carbonyl (C=O) groups is 4. The van der Waals surface area contributed by atoms with Crippen molar-refractivity contribution in [2.75, 3.05) is 39.3 Å². The molecule has 4 aliphatic rings. The van der Waals surface area contributed by atoms with Crippen molar-refractivity contribution >= 4 is 29.9 Å². The van der Waals surface area contributed by atoms with Crippen LogP contribution >= 0.6 is 0 Å². The maximum Gasteiger partial charge on any atom is 0.416 e. The van der Waals surface area contributed by atoms with E-state index in [2.05, 4.69) is 10.2 Å². The zero-order valence-electron chi connectivity index (χ0n) is 31.3. The molecule has 4 heterocycles. The highest BCUT2D eigenvalue weighted by atomic mass is 19.4. The van der Waals surface area contributed by atoms with Gasteiger partial charge in [0.05, 0.1) is 24.1 Å². The quantitative estimate of drug-likeness (QED) is 0.224. The largest absolute Gasteiger partial charge is 0.447 e. The SMILES string of the molecule is O=C(NCCc1cccc(C(F)(F)F)c1)C(CC(=O)N1CCC(N2CCCCC2)CC1)N1C(=O)C(N2C(=O)OC[C@@H]2c2ccccc2)C1C=Cc1ccccc1. The van der Waals surface area contributed by atoms with Crippen LogP contribution in [0.2, 0.25) is 0 Å². The highest BCUT2D eigenvalue weighted by Crippen LogP contribution is 2.39. The topological polar surface area (TPSA) is 103 Å². The molecule has 4 atom stereocenters. The third-order valence-electron chi connectivity index (χ3n) is 11.5. The highest BCUT2D eigenvalue weighted by Gasteiger charge is 2.58. The Morgan fingerprint density at radius 1 is 0.875 bits per heavy atom. The fourth-order valence-electron chi connectivity index (χ4n) is 8.53. The van der Waals surface area contributed by atoms with Crippen LogP contribution in [-0.2, 0) is 31.7 Å². The van der Waals surface area contributed by atoms with Crippen molar-refractivity contribution < 1.29 is 37.1 Å². The van der Waals surface area contributed by atoms with Crippen LogP contribution in [-0.4, -0.2) is 107 Å². The van der Waals surface area contributed by atoms with Crippen molar-refractivity contribution in [2.45, 2.75) is 81.3 Å². The van der Waals surface area contributed by atoms with Gasteiger partial charge in [0, 0.05) is 25.7 Å². The van der Waals surface area contributed by atoms with Crippen molar-refractivity contribution in [3.05, 3.63) is 113 Å². The van der Waals surface area contributed by atoms with Crippen LogP contribution in [0, 0.1) is 0 Å². The first-order valence-electron chi connectivity index (χ1n) is 19.6. The predicted molar refractivity (Wildman–Crippen MR) is 204 cm³/mol. The molecule has 1 N–H and O–H groups in total. The molecular weight excluding hydrogens is 723 g/mol. The lowest BCUT2D eigenvalue weighted by molar-refractivity contribution is -0.164. The number of halogens is 3. The minimum atomic E-state index is -4.51. The van der Waals surface area contributed by atoms with Gasteiger partial charge in [0.2, 0.25) is 17.7 Å². The molecule has 0 saturated carbocycles. The molecule has 4 amide bonds. The van der Waals surface area contributed by atoms with Gasteiger partial charge in [-0.2, -0.15) is 13.2 Å². The predicted octanol–water partition coefficient (Wildman–Crippen LogP) is 6.09. The first kappa shape index (κ1) is 39.1. The summed E-state index contributed by atoms with van der Waals surface area (Å²) in [5.41, 5.74) is 1.23. The van der Waals surface area contributed by atoms with Gasteiger partial charge in [0.1, 0.15) is 18.7 Å². The number of benzene rings is 3. The highest BCUT2D eigenvalue weighted by molar-refractivity contribution is 5.99. The van der Waals surface area contributed by atoms with Crippen molar-refractivity contribution in [1.29, 1.82) is 0 Å². The van der Waals surface area contributed by atoms with Crippen LogP contribution in [0.4, 0.5) is 18.0 Å². The van der Waals surface area contributed by atoms with Crippen LogP contribution < -0.4 is 5.32 Å². The van der Waals surface area contributed by atoms with E-state index in [9.17, 15) is 32.3 Å².